The molecule has 1 aromatic carbocycles. The van der Waals surface area contributed by atoms with Crippen LogP contribution in [0, 0.1) is 0 Å². The van der Waals surface area contributed by atoms with Crippen molar-refractivity contribution < 1.29 is 50.3 Å². The number of piperidine rings is 1. The molecule has 0 aliphatic carbocycles. The molecule has 0 bridgehead atoms. The van der Waals surface area contributed by atoms with Crippen molar-refractivity contribution in [1.82, 2.24) is 15.0 Å². The van der Waals surface area contributed by atoms with Crippen LogP contribution in [0.15, 0.2) is 35.1 Å². The first-order chi connectivity index (χ1) is 17.2. The second kappa shape index (κ2) is 10.9. The van der Waals surface area contributed by atoms with E-state index in [0.29, 0.717) is 24.2 Å². The molecule has 1 saturated heterocycles. The second-order valence-corrected chi connectivity index (χ2v) is 8.74. The van der Waals surface area contributed by atoms with E-state index < -0.39 is 65.9 Å². The third-order valence-electron chi connectivity index (χ3n) is 6.35. The molecule has 1 fully saturated rings. The van der Waals surface area contributed by atoms with E-state index in [4.69, 9.17) is 9.26 Å². The third kappa shape index (κ3) is 6.66. The molecule has 0 radical (unpaired) electrons. The number of carbonyl (C=O) groups is 2. The number of hydrogen-bond donors (Lipinski definition) is 1. The first kappa shape index (κ1) is 28.1. The Labute approximate surface area is 207 Å². The zero-order chi connectivity index (χ0) is 27.5. The van der Waals surface area contributed by atoms with Gasteiger partial charge in [-0.15, -0.1) is 0 Å². The Morgan fingerprint density at radius 1 is 1.11 bits per heavy atom. The number of ether oxygens (including phenoxy) is 1. The predicted octanol–water partition coefficient (Wildman–Crippen LogP) is 5.81. The van der Waals surface area contributed by atoms with Gasteiger partial charge < -0.3 is 24.2 Å². The molecule has 1 N–H and O–H groups in total. The Bertz CT molecular complexity index is 1060. The topological polar surface area (TPSA) is 96.1 Å². The lowest BCUT2D eigenvalue weighted by Gasteiger charge is -2.46. The van der Waals surface area contributed by atoms with Crippen LogP contribution in [-0.2, 0) is 30.1 Å². The summed E-state index contributed by atoms with van der Waals surface area (Å²) in [5.41, 5.74) is -2.95. The van der Waals surface area contributed by atoms with E-state index >= 15 is 0 Å². The highest BCUT2D eigenvalue weighted by atomic mass is 19.4. The number of alkyl halides is 6. The first-order valence-corrected chi connectivity index (χ1v) is 11.3. The molecule has 2 amide bonds. The van der Waals surface area contributed by atoms with Crippen LogP contribution in [0.4, 0.5) is 35.9 Å². The van der Waals surface area contributed by atoms with Gasteiger partial charge in [-0.1, -0.05) is 12.1 Å². The normalized spacial score (nSPS) is 20.5. The molecular weight excluding hydrogens is 512 g/mol. The maximum atomic E-state index is 13.4. The lowest BCUT2D eigenvalue weighted by molar-refractivity contribution is -0.143. The van der Waals surface area contributed by atoms with Gasteiger partial charge in [0.2, 0.25) is 0 Å². The summed E-state index contributed by atoms with van der Waals surface area (Å²) in [6.07, 6.45) is -10.3. The number of aromatic nitrogens is 1. The highest BCUT2D eigenvalue weighted by Crippen LogP contribution is 2.37. The molecule has 0 spiro atoms. The number of nitrogens with zero attached hydrogens (tertiary/aromatic N) is 3. The number of halogens is 6. The van der Waals surface area contributed by atoms with E-state index in [1.165, 1.54) is 11.2 Å². The zero-order valence-electron chi connectivity index (χ0n) is 19.8. The molecule has 1 aliphatic heterocycles. The number of likely N-dealkylation sites (tertiary alicyclic amines) is 1. The van der Waals surface area contributed by atoms with Crippen molar-refractivity contribution in [1.29, 1.82) is 0 Å². The molecule has 1 aromatic heterocycles. The van der Waals surface area contributed by atoms with E-state index in [1.807, 2.05) is 0 Å². The summed E-state index contributed by atoms with van der Waals surface area (Å²) in [6.45, 7) is 1.13. The maximum Gasteiger partial charge on any atom is 0.416 e. The van der Waals surface area contributed by atoms with Gasteiger partial charge in [-0.05, 0) is 43.0 Å². The van der Waals surface area contributed by atoms with Crippen molar-refractivity contribution in [3.8, 4) is 0 Å². The summed E-state index contributed by atoms with van der Waals surface area (Å²) >= 11 is 0. The van der Waals surface area contributed by atoms with Crippen LogP contribution in [0.3, 0.4) is 0 Å². The number of amides is 2. The standard InChI is InChI=1S/C23H25F6N3O5/c1-3-17-10-18(11-19(32(17)20(33)34)9-16-4-5-37-30-16)31(21(35)36-2)12-13-6-14(22(24,25)26)8-15(7-13)23(27,28)29/h4-8,17-19H,3,9-12H2,1-2H3,(H,33,34). The number of carboxylic acid groups (broad SMARTS) is 1. The minimum atomic E-state index is -5.05. The molecule has 1 aliphatic rings. The molecule has 2 heterocycles. The molecule has 3 atom stereocenters. The van der Waals surface area contributed by atoms with Crippen LogP contribution in [-0.4, -0.2) is 57.5 Å². The molecular formula is C23H25F6N3O5. The number of carbonyl (C=O) groups excluding carboxylic acids is 1. The first-order valence-electron chi connectivity index (χ1n) is 11.3. The van der Waals surface area contributed by atoms with Gasteiger partial charge >= 0.3 is 24.5 Å². The lowest BCUT2D eigenvalue weighted by Crippen LogP contribution is -2.57. The summed E-state index contributed by atoms with van der Waals surface area (Å²) < 4.78 is 89.7. The highest BCUT2D eigenvalue weighted by Gasteiger charge is 2.42. The van der Waals surface area contributed by atoms with Gasteiger partial charge in [0.05, 0.1) is 23.9 Å². The fraction of sp³-hybridized carbons (Fsp3) is 0.522. The van der Waals surface area contributed by atoms with Crippen molar-refractivity contribution in [3.05, 3.63) is 52.9 Å². The maximum absolute atomic E-state index is 13.4. The number of methoxy groups -OCH3 is 1. The van der Waals surface area contributed by atoms with Gasteiger partial charge in [0, 0.05) is 37.2 Å². The molecule has 3 rings (SSSR count). The van der Waals surface area contributed by atoms with Crippen molar-refractivity contribution in [2.75, 3.05) is 7.11 Å². The smallest absolute Gasteiger partial charge is 0.416 e. The minimum absolute atomic E-state index is 0.0123. The van der Waals surface area contributed by atoms with Crippen molar-refractivity contribution in [2.45, 2.75) is 69.6 Å². The van der Waals surface area contributed by atoms with Crippen molar-refractivity contribution in [3.63, 3.8) is 0 Å². The third-order valence-corrected chi connectivity index (χ3v) is 6.35. The van der Waals surface area contributed by atoms with Crippen molar-refractivity contribution in [2.24, 2.45) is 0 Å². The summed E-state index contributed by atoms with van der Waals surface area (Å²) in [7, 11) is 1.04. The van der Waals surface area contributed by atoms with Crippen LogP contribution in [0.5, 0.6) is 0 Å². The minimum Gasteiger partial charge on any atom is -0.465 e. The summed E-state index contributed by atoms with van der Waals surface area (Å²) in [6, 6.07) is 0.665. The largest absolute Gasteiger partial charge is 0.465 e. The highest BCUT2D eigenvalue weighted by molar-refractivity contribution is 5.69. The molecule has 37 heavy (non-hydrogen) atoms. The number of rotatable bonds is 6. The predicted molar refractivity (Wildman–Crippen MR) is 115 cm³/mol. The average molecular weight is 537 g/mol. The Kier molecular flexibility index (Phi) is 8.28. The lowest BCUT2D eigenvalue weighted by atomic mass is 9.87. The van der Waals surface area contributed by atoms with E-state index in [9.17, 15) is 41.0 Å². The molecule has 0 saturated carbocycles. The van der Waals surface area contributed by atoms with Gasteiger partial charge in [-0.2, -0.15) is 26.3 Å². The van der Waals surface area contributed by atoms with Gasteiger partial charge in [0.1, 0.15) is 6.26 Å². The van der Waals surface area contributed by atoms with Gasteiger partial charge in [-0.25, -0.2) is 9.59 Å². The zero-order valence-corrected chi connectivity index (χ0v) is 19.8. The molecule has 14 heteroatoms. The van der Waals surface area contributed by atoms with Gasteiger partial charge in [0.15, 0.2) is 0 Å². The van der Waals surface area contributed by atoms with E-state index in [2.05, 4.69) is 5.16 Å². The number of benzene rings is 1. The van der Waals surface area contributed by atoms with Crippen molar-refractivity contribution >= 4 is 12.2 Å². The molecule has 3 unspecified atom stereocenters. The van der Waals surface area contributed by atoms with Crippen LogP contribution in [0.25, 0.3) is 0 Å². The number of hydrogen-bond acceptors (Lipinski definition) is 5. The average Bonchev–Trinajstić information content (AvgIpc) is 3.33. The van der Waals surface area contributed by atoms with Crippen LogP contribution in [0.2, 0.25) is 0 Å². The summed E-state index contributed by atoms with van der Waals surface area (Å²) in [4.78, 5) is 27.1. The molecule has 2 aromatic rings. The molecule has 8 nitrogen and oxygen atoms in total. The fourth-order valence-electron chi connectivity index (χ4n) is 4.71. The monoisotopic (exact) mass is 537 g/mol. The Balaban J connectivity index is 1.99. The molecule has 204 valence electrons. The Hall–Kier alpha value is -3.45. The SMILES string of the molecule is CCC1CC(N(Cc2cc(C(F)(F)F)cc(C(F)(F)F)c2)C(=O)OC)CC(Cc2ccon2)N1C(=O)O. The van der Waals surface area contributed by atoms with Crippen LogP contribution in [0.1, 0.15) is 48.6 Å². The summed E-state index contributed by atoms with van der Waals surface area (Å²) in [5, 5.41) is 13.6. The van der Waals surface area contributed by atoms with Gasteiger partial charge in [0.25, 0.3) is 0 Å². The van der Waals surface area contributed by atoms with E-state index in [1.54, 1.807) is 13.0 Å². The van der Waals surface area contributed by atoms with Crippen LogP contribution >= 0.6 is 0 Å². The van der Waals surface area contributed by atoms with E-state index in [-0.39, 0.29) is 25.3 Å². The van der Waals surface area contributed by atoms with Gasteiger partial charge in [-0.3, -0.25) is 0 Å². The Morgan fingerprint density at radius 3 is 2.16 bits per heavy atom. The quantitative estimate of drug-likeness (QED) is 0.467. The summed E-state index contributed by atoms with van der Waals surface area (Å²) in [5.74, 6) is 0. The van der Waals surface area contributed by atoms with E-state index in [0.717, 1.165) is 12.0 Å². The van der Waals surface area contributed by atoms with Crippen LogP contribution < -0.4 is 0 Å². The Morgan fingerprint density at radius 2 is 1.70 bits per heavy atom. The second-order valence-electron chi connectivity index (χ2n) is 8.74. The fourth-order valence-corrected chi connectivity index (χ4v) is 4.71.